The molecule has 6 heteroatoms. The molecule has 0 aliphatic carbocycles. The Bertz CT molecular complexity index is 988. The Balaban J connectivity index is 1.94. The third-order valence-electron chi connectivity index (χ3n) is 4.10. The quantitative estimate of drug-likeness (QED) is 0.627. The number of para-hydroxylation sites is 1. The van der Waals surface area contributed by atoms with E-state index < -0.39 is 0 Å². The molecule has 0 aliphatic rings. The van der Waals surface area contributed by atoms with Gasteiger partial charge in [-0.3, -0.25) is 9.13 Å². The van der Waals surface area contributed by atoms with E-state index in [4.69, 9.17) is 4.98 Å². The molecule has 1 N–H and O–H groups in total. The van der Waals surface area contributed by atoms with Gasteiger partial charge < -0.3 is 5.11 Å². The van der Waals surface area contributed by atoms with Crippen molar-refractivity contribution in [3.05, 3.63) is 66.5 Å². The van der Waals surface area contributed by atoms with Crippen LogP contribution in [0.25, 0.3) is 22.4 Å². The van der Waals surface area contributed by atoms with Crippen LogP contribution < -0.4 is 0 Å². The minimum absolute atomic E-state index is 0.0630. The first-order chi connectivity index (χ1) is 11.8. The number of aromatic nitrogens is 5. The van der Waals surface area contributed by atoms with Crippen LogP contribution in [0.4, 0.5) is 0 Å². The van der Waals surface area contributed by atoms with Crippen molar-refractivity contribution in [2.75, 3.05) is 6.61 Å². The fraction of sp³-hybridized carbons (Fsp3) is 0.167. The van der Waals surface area contributed by atoms with Crippen LogP contribution in [0.15, 0.2) is 55.1 Å². The highest BCUT2D eigenvalue weighted by molar-refractivity contribution is 5.81. The fourth-order valence-corrected chi connectivity index (χ4v) is 2.97. The summed E-state index contributed by atoms with van der Waals surface area (Å²) >= 11 is 0. The van der Waals surface area contributed by atoms with Crippen molar-refractivity contribution in [3.8, 4) is 11.4 Å². The number of nitrogens with zero attached hydrogens (tertiary/aromatic N) is 5. The highest BCUT2D eigenvalue weighted by atomic mass is 16.3. The van der Waals surface area contributed by atoms with Gasteiger partial charge in [0.05, 0.1) is 23.3 Å². The molecule has 24 heavy (non-hydrogen) atoms. The maximum Gasteiger partial charge on any atom is 0.123 e. The lowest BCUT2D eigenvalue weighted by molar-refractivity contribution is 0.296. The summed E-state index contributed by atoms with van der Waals surface area (Å²) in [6.07, 6.45) is 3.85. The van der Waals surface area contributed by atoms with Crippen molar-refractivity contribution in [1.29, 1.82) is 0 Å². The van der Waals surface area contributed by atoms with Crippen LogP contribution >= 0.6 is 0 Å². The Hall–Kier alpha value is -2.99. The SMILES string of the molecule is Cc1cccc2c1nc(CCO)n2-c1cccc(-n2cnnc2)c1. The van der Waals surface area contributed by atoms with Gasteiger partial charge in [-0.2, -0.15) is 0 Å². The molecule has 0 amide bonds. The van der Waals surface area contributed by atoms with Crippen molar-refractivity contribution in [2.45, 2.75) is 13.3 Å². The third kappa shape index (κ3) is 2.37. The van der Waals surface area contributed by atoms with E-state index in [0.717, 1.165) is 33.8 Å². The number of aliphatic hydroxyl groups excluding tert-OH is 1. The van der Waals surface area contributed by atoms with E-state index in [-0.39, 0.29) is 6.61 Å². The second-order valence-corrected chi connectivity index (χ2v) is 5.67. The average molecular weight is 319 g/mol. The van der Waals surface area contributed by atoms with E-state index in [2.05, 4.69) is 39.9 Å². The van der Waals surface area contributed by atoms with E-state index in [1.54, 1.807) is 12.7 Å². The van der Waals surface area contributed by atoms with Crippen LogP contribution in [-0.4, -0.2) is 36.0 Å². The summed E-state index contributed by atoms with van der Waals surface area (Å²) in [6.45, 7) is 2.11. The van der Waals surface area contributed by atoms with Gasteiger partial charge in [0.1, 0.15) is 18.5 Å². The normalized spacial score (nSPS) is 11.2. The Kier molecular flexibility index (Phi) is 3.59. The first-order valence-electron chi connectivity index (χ1n) is 7.81. The molecule has 2 heterocycles. The number of imidazole rings is 1. The predicted octanol–water partition coefficient (Wildman–Crippen LogP) is 2.45. The molecule has 120 valence electrons. The molecule has 6 nitrogen and oxygen atoms in total. The second-order valence-electron chi connectivity index (χ2n) is 5.67. The molecule has 0 radical (unpaired) electrons. The third-order valence-corrected chi connectivity index (χ3v) is 4.10. The van der Waals surface area contributed by atoms with Gasteiger partial charge in [-0.25, -0.2) is 4.98 Å². The van der Waals surface area contributed by atoms with Gasteiger partial charge in [0.15, 0.2) is 0 Å². The Morgan fingerprint density at radius 1 is 1.00 bits per heavy atom. The highest BCUT2D eigenvalue weighted by Gasteiger charge is 2.14. The molecule has 4 aromatic rings. The van der Waals surface area contributed by atoms with E-state index in [9.17, 15) is 5.11 Å². The lowest BCUT2D eigenvalue weighted by Gasteiger charge is -2.11. The monoisotopic (exact) mass is 319 g/mol. The van der Waals surface area contributed by atoms with Crippen LogP contribution in [0.1, 0.15) is 11.4 Å². The average Bonchev–Trinajstić information content (AvgIpc) is 3.24. The molecule has 0 fully saturated rings. The number of aliphatic hydroxyl groups is 1. The lowest BCUT2D eigenvalue weighted by atomic mass is 10.2. The Labute approximate surface area is 139 Å². The second kappa shape index (κ2) is 5.90. The molecular formula is C18H17N5O. The summed E-state index contributed by atoms with van der Waals surface area (Å²) in [6, 6.07) is 14.2. The van der Waals surface area contributed by atoms with Gasteiger partial charge >= 0.3 is 0 Å². The molecule has 2 aromatic heterocycles. The summed E-state index contributed by atoms with van der Waals surface area (Å²) in [5.74, 6) is 0.850. The molecule has 4 rings (SSSR count). The molecule has 0 saturated heterocycles. The van der Waals surface area contributed by atoms with E-state index in [1.807, 2.05) is 28.8 Å². The number of hydrogen-bond donors (Lipinski definition) is 1. The van der Waals surface area contributed by atoms with Gasteiger partial charge in [0.25, 0.3) is 0 Å². The predicted molar refractivity (Wildman–Crippen MR) is 91.5 cm³/mol. The van der Waals surface area contributed by atoms with Crippen molar-refractivity contribution in [3.63, 3.8) is 0 Å². The molecule has 0 aliphatic heterocycles. The summed E-state index contributed by atoms with van der Waals surface area (Å²) in [7, 11) is 0. The first-order valence-corrected chi connectivity index (χ1v) is 7.81. The molecule has 0 bridgehead atoms. The number of fused-ring (bicyclic) bond motifs is 1. The topological polar surface area (TPSA) is 68.8 Å². The minimum atomic E-state index is 0.0630. The van der Waals surface area contributed by atoms with E-state index in [0.29, 0.717) is 6.42 Å². The van der Waals surface area contributed by atoms with Gasteiger partial charge in [0.2, 0.25) is 0 Å². The summed E-state index contributed by atoms with van der Waals surface area (Å²) in [4.78, 5) is 4.74. The molecule has 0 spiro atoms. The number of rotatable bonds is 4. The number of hydrogen-bond acceptors (Lipinski definition) is 4. The maximum atomic E-state index is 9.42. The highest BCUT2D eigenvalue weighted by Crippen LogP contribution is 2.25. The van der Waals surface area contributed by atoms with Crippen molar-refractivity contribution in [1.82, 2.24) is 24.3 Å². The zero-order valence-corrected chi connectivity index (χ0v) is 13.3. The smallest absolute Gasteiger partial charge is 0.123 e. The molecule has 0 unspecified atom stereocenters. The number of benzene rings is 2. The van der Waals surface area contributed by atoms with Crippen molar-refractivity contribution >= 4 is 11.0 Å². The first kappa shape index (κ1) is 14.6. The van der Waals surface area contributed by atoms with Crippen molar-refractivity contribution in [2.24, 2.45) is 0 Å². The van der Waals surface area contributed by atoms with Crippen LogP contribution in [-0.2, 0) is 6.42 Å². The van der Waals surface area contributed by atoms with Crippen LogP contribution in [0.2, 0.25) is 0 Å². The standard InChI is InChI=1S/C18H17N5O/c1-13-4-2-7-16-18(13)21-17(8-9-24)23(16)15-6-3-5-14(10-15)22-11-19-20-12-22/h2-7,10-12,24H,8-9H2,1H3. The fourth-order valence-electron chi connectivity index (χ4n) is 2.97. The largest absolute Gasteiger partial charge is 0.396 e. The molecule has 2 aromatic carbocycles. The Morgan fingerprint density at radius 2 is 1.75 bits per heavy atom. The summed E-state index contributed by atoms with van der Waals surface area (Å²) < 4.78 is 3.96. The number of aryl methyl sites for hydroxylation is 1. The lowest BCUT2D eigenvalue weighted by Crippen LogP contribution is -2.04. The van der Waals surface area contributed by atoms with E-state index in [1.165, 1.54) is 0 Å². The minimum Gasteiger partial charge on any atom is -0.396 e. The van der Waals surface area contributed by atoms with E-state index >= 15 is 0 Å². The zero-order chi connectivity index (χ0) is 16.5. The molecular weight excluding hydrogens is 302 g/mol. The maximum absolute atomic E-state index is 9.42. The Morgan fingerprint density at radius 3 is 2.54 bits per heavy atom. The van der Waals surface area contributed by atoms with Crippen LogP contribution in [0, 0.1) is 6.92 Å². The van der Waals surface area contributed by atoms with Crippen LogP contribution in [0.3, 0.4) is 0 Å². The van der Waals surface area contributed by atoms with Gasteiger partial charge in [0, 0.05) is 12.1 Å². The molecule has 0 saturated carbocycles. The zero-order valence-electron chi connectivity index (χ0n) is 13.3. The van der Waals surface area contributed by atoms with Gasteiger partial charge in [-0.15, -0.1) is 10.2 Å². The van der Waals surface area contributed by atoms with Gasteiger partial charge in [-0.1, -0.05) is 18.2 Å². The van der Waals surface area contributed by atoms with Crippen molar-refractivity contribution < 1.29 is 5.11 Å². The summed E-state index contributed by atoms with van der Waals surface area (Å²) in [5, 5.41) is 17.1. The van der Waals surface area contributed by atoms with Crippen LogP contribution in [0.5, 0.6) is 0 Å². The molecule has 0 atom stereocenters. The summed E-state index contributed by atoms with van der Waals surface area (Å²) in [5.41, 5.74) is 5.11. The van der Waals surface area contributed by atoms with Gasteiger partial charge in [-0.05, 0) is 36.8 Å².